The van der Waals surface area contributed by atoms with E-state index in [0.29, 0.717) is 34.4 Å². The molecule has 1 heterocycles. The van der Waals surface area contributed by atoms with Crippen LogP contribution in [0.1, 0.15) is 21.8 Å². The topological polar surface area (TPSA) is 55.6 Å². The summed E-state index contributed by atoms with van der Waals surface area (Å²) in [6.07, 6.45) is 0. The van der Waals surface area contributed by atoms with Crippen molar-refractivity contribution in [3.8, 4) is 5.75 Å². The number of benzene rings is 2. The first-order valence-electron chi connectivity index (χ1n) is 7.64. The van der Waals surface area contributed by atoms with Crippen LogP contribution >= 0.6 is 23.2 Å². The minimum Gasteiger partial charge on any atom is -0.496 e. The molecule has 1 aliphatic heterocycles. The zero-order valence-corrected chi connectivity index (χ0v) is 14.7. The highest BCUT2D eigenvalue weighted by molar-refractivity contribution is 6.42. The molecule has 0 bridgehead atoms. The molecule has 2 aromatic carbocycles. The molecule has 126 valence electrons. The minimum absolute atomic E-state index is 0.106. The van der Waals surface area contributed by atoms with Gasteiger partial charge in [-0.2, -0.15) is 0 Å². The van der Waals surface area contributed by atoms with Gasteiger partial charge in [0.15, 0.2) is 0 Å². The third kappa shape index (κ3) is 3.22. The summed E-state index contributed by atoms with van der Waals surface area (Å²) in [7, 11) is 1.50. The number of likely N-dealkylation sites (tertiary alicyclic amines) is 1. The molecule has 1 fully saturated rings. The summed E-state index contributed by atoms with van der Waals surface area (Å²) in [5.74, 6) is 0.370. The van der Waals surface area contributed by atoms with E-state index in [4.69, 9.17) is 33.7 Å². The number of carbonyl (C=O) groups excluding carboxylic acids is 1. The van der Waals surface area contributed by atoms with Gasteiger partial charge in [-0.05, 0) is 11.6 Å². The van der Waals surface area contributed by atoms with Crippen molar-refractivity contribution in [1.29, 1.82) is 0 Å². The van der Waals surface area contributed by atoms with Gasteiger partial charge in [0.2, 0.25) is 0 Å². The second-order valence-electron chi connectivity index (χ2n) is 5.86. The molecule has 1 aliphatic rings. The first-order valence-corrected chi connectivity index (χ1v) is 8.39. The van der Waals surface area contributed by atoms with Gasteiger partial charge in [-0.3, -0.25) is 4.79 Å². The van der Waals surface area contributed by atoms with Crippen LogP contribution < -0.4 is 10.5 Å². The van der Waals surface area contributed by atoms with Gasteiger partial charge in [0, 0.05) is 31.1 Å². The molecule has 0 aliphatic carbocycles. The molecule has 0 aromatic heterocycles. The Hall–Kier alpha value is -1.75. The van der Waals surface area contributed by atoms with Crippen LogP contribution in [-0.2, 0) is 0 Å². The highest BCUT2D eigenvalue weighted by Gasteiger charge is 2.35. The third-order valence-corrected chi connectivity index (χ3v) is 5.08. The Morgan fingerprint density at radius 2 is 1.83 bits per heavy atom. The molecule has 1 saturated heterocycles. The van der Waals surface area contributed by atoms with E-state index in [1.54, 1.807) is 17.0 Å². The summed E-state index contributed by atoms with van der Waals surface area (Å²) in [5.41, 5.74) is 7.81. The number of amides is 1. The van der Waals surface area contributed by atoms with Crippen LogP contribution in [0.2, 0.25) is 10.0 Å². The highest BCUT2D eigenvalue weighted by atomic mass is 35.5. The van der Waals surface area contributed by atoms with Crippen LogP contribution in [0.15, 0.2) is 42.5 Å². The maximum absolute atomic E-state index is 12.9. The molecule has 0 saturated carbocycles. The van der Waals surface area contributed by atoms with Crippen LogP contribution in [0.3, 0.4) is 0 Å². The zero-order valence-electron chi connectivity index (χ0n) is 13.2. The van der Waals surface area contributed by atoms with Gasteiger partial charge in [-0.25, -0.2) is 0 Å². The lowest BCUT2D eigenvalue weighted by Crippen LogP contribution is -2.32. The van der Waals surface area contributed by atoms with Crippen molar-refractivity contribution in [3.05, 3.63) is 63.6 Å². The van der Waals surface area contributed by atoms with E-state index in [0.717, 1.165) is 5.56 Å². The number of hydrogen-bond acceptors (Lipinski definition) is 3. The number of ether oxygens (including phenoxy) is 1. The maximum atomic E-state index is 12.9. The molecule has 2 N–H and O–H groups in total. The van der Waals surface area contributed by atoms with Crippen LogP contribution in [0.5, 0.6) is 5.75 Å². The van der Waals surface area contributed by atoms with Gasteiger partial charge in [0.05, 0.1) is 22.7 Å². The molecule has 0 unspecified atom stereocenters. The van der Waals surface area contributed by atoms with E-state index in [2.05, 4.69) is 0 Å². The predicted octanol–water partition coefficient (Wildman–Crippen LogP) is 3.57. The highest BCUT2D eigenvalue weighted by Crippen LogP contribution is 2.33. The summed E-state index contributed by atoms with van der Waals surface area (Å²) < 4.78 is 5.28. The van der Waals surface area contributed by atoms with Gasteiger partial charge in [0.25, 0.3) is 5.91 Å². The maximum Gasteiger partial charge on any atom is 0.257 e. The summed E-state index contributed by atoms with van der Waals surface area (Å²) in [5, 5.41) is 0.675. The van der Waals surface area contributed by atoms with E-state index in [1.165, 1.54) is 7.11 Å². The number of nitrogens with zero attached hydrogens (tertiary/aromatic N) is 1. The lowest BCUT2D eigenvalue weighted by molar-refractivity contribution is 0.0786. The van der Waals surface area contributed by atoms with Crippen molar-refractivity contribution in [2.24, 2.45) is 5.73 Å². The molecule has 4 nitrogen and oxygen atoms in total. The van der Waals surface area contributed by atoms with Crippen molar-refractivity contribution in [1.82, 2.24) is 4.90 Å². The molecule has 2 aromatic rings. The number of carbonyl (C=O) groups is 1. The predicted molar refractivity (Wildman–Crippen MR) is 96.1 cm³/mol. The number of nitrogens with two attached hydrogens (primary N) is 1. The number of hydrogen-bond donors (Lipinski definition) is 1. The summed E-state index contributed by atoms with van der Waals surface area (Å²) in [6.45, 7) is 1.05. The summed E-state index contributed by atoms with van der Waals surface area (Å²) in [4.78, 5) is 14.6. The Bertz CT molecular complexity index is 752. The quantitative estimate of drug-likeness (QED) is 0.905. The third-order valence-electron chi connectivity index (χ3n) is 4.35. The Kier molecular flexibility index (Phi) is 4.99. The van der Waals surface area contributed by atoms with E-state index >= 15 is 0 Å². The van der Waals surface area contributed by atoms with Crippen molar-refractivity contribution >= 4 is 29.1 Å². The van der Waals surface area contributed by atoms with Crippen LogP contribution in [0.4, 0.5) is 0 Å². The molecule has 0 radical (unpaired) electrons. The SMILES string of the molecule is COc1cc(Cl)c(Cl)cc1C(=O)N1C[C@@H](N)[C@H](c2ccccc2)C1. The molecular weight excluding hydrogens is 347 g/mol. The molecule has 0 spiro atoms. The van der Waals surface area contributed by atoms with Crippen molar-refractivity contribution in [2.45, 2.75) is 12.0 Å². The Morgan fingerprint density at radius 1 is 1.17 bits per heavy atom. The fourth-order valence-corrected chi connectivity index (χ4v) is 3.40. The monoisotopic (exact) mass is 364 g/mol. The van der Waals surface area contributed by atoms with Crippen molar-refractivity contribution in [2.75, 3.05) is 20.2 Å². The summed E-state index contributed by atoms with van der Waals surface area (Å²) in [6, 6.07) is 13.0. The molecule has 3 rings (SSSR count). The second-order valence-corrected chi connectivity index (χ2v) is 6.67. The van der Waals surface area contributed by atoms with Crippen molar-refractivity contribution in [3.63, 3.8) is 0 Å². The smallest absolute Gasteiger partial charge is 0.257 e. The van der Waals surface area contributed by atoms with Crippen LogP contribution in [0.25, 0.3) is 0 Å². The van der Waals surface area contributed by atoms with Gasteiger partial charge >= 0.3 is 0 Å². The second kappa shape index (κ2) is 7.01. The lowest BCUT2D eigenvalue weighted by atomic mass is 9.95. The number of methoxy groups -OCH3 is 1. The van der Waals surface area contributed by atoms with Crippen LogP contribution in [0, 0.1) is 0 Å². The largest absolute Gasteiger partial charge is 0.496 e. The molecule has 24 heavy (non-hydrogen) atoms. The van der Waals surface area contributed by atoms with Gasteiger partial charge in [0.1, 0.15) is 5.75 Å². The first kappa shape index (κ1) is 17.1. The van der Waals surface area contributed by atoms with Crippen molar-refractivity contribution < 1.29 is 9.53 Å². The molecule has 2 atom stereocenters. The Balaban J connectivity index is 1.86. The Morgan fingerprint density at radius 3 is 2.50 bits per heavy atom. The molecular formula is C18H18Cl2N2O2. The van der Waals surface area contributed by atoms with E-state index in [9.17, 15) is 4.79 Å². The van der Waals surface area contributed by atoms with E-state index in [-0.39, 0.29) is 17.9 Å². The minimum atomic E-state index is -0.153. The fraction of sp³-hybridized carbons (Fsp3) is 0.278. The Labute approximate surface area is 151 Å². The fourth-order valence-electron chi connectivity index (χ4n) is 3.08. The average Bonchev–Trinajstić information content (AvgIpc) is 2.99. The average molecular weight is 365 g/mol. The standard InChI is InChI=1S/C18H18Cl2N2O2/c1-24-17-8-15(20)14(19)7-12(17)18(23)22-9-13(16(21)10-22)11-5-3-2-4-6-11/h2-8,13,16H,9-10,21H2,1H3/t13-,16+/m0/s1. The van der Waals surface area contributed by atoms with Gasteiger partial charge in [-0.15, -0.1) is 0 Å². The van der Waals surface area contributed by atoms with Crippen LogP contribution in [-0.4, -0.2) is 37.0 Å². The van der Waals surface area contributed by atoms with E-state index in [1.807, 2.05) is 30.3 Å². The summed E-state index contributed by atoms with van der Waals surface area (Å²) >= 11 is 12.1. The zero-order chi connectivity index (χ0) is 17.3. The normalized spacial score (nSPS) is 20.2. The lowest BCUT2D eigenvalue weighted by Gasteiger charge is -2.18. The number of rotatable bonds is 3. The molecule has 6 heteroatoms. The molecule has 1 amide bonds. The number of halogens is 2. The first-order chi connectivity index (χ1) is 11.5. The van der Waals surface area contributed by atoms with E-state index < -0.39 is 0 Å². The van der Waals surface area contributed by atoms with Gasteiger partial charge in [-0.1, -0.05) is 53.5 Å². The van der Waals surface area contributed by atoms with Gasteiger partial charge < -0.3 is 15.4 Å².